The average molecular weight is 596 g/mol. The van der Waals surface area contributed by atoms with Crippen LogP contribution in [0.3, 0.4) is 0 Å². The van der Waals surface area contributed by atoms with Gasteiger partial charge in [-0.2, -0.15) is 0 Å². The number of piperidine rings is 1. The molecule has 1 unspecified atom stereocenters. The van der Waals surface area contributed by atoms with Crippen LogP contribution < -0.4 is 15.0 Å². The molecular weight excluding hydrogens is 561 g/mol. The summed E-state index contributed by atoms with van der Waals surface area (Å²) in [6.45, 7) is 4.15. The van der Waals surface area contributed by atoms with Gasteiger partial charge in [0.25, 0.3) is 5.91 Å². The van der Waals surface area contributed by atoms with Gasteiger partial charge < -0.3 is 24.1 Å². The van der Waals surface area contributed by atoms with E-state index < -0.39 is 0 Å². The van der Waals surface area contributed by atoms with E-state index in [9.17, 15) is 14.0 Å². The van der Waals surface area contributed by atoms with Gasteiger partial charge in [-0.05, 0) is 86.2 Å². The van der Waals surface area contributed by atoms with Crippen molar-refractivity contribution in [1.82, 2.24) is 4.98 Å². The molecule has 0 spiro atoms. The molecule has 44 heavy (non-hydrogen) atoms. The SMILES string of the molecule is COC(=O)c1cccc(OCC2CCN(c3ccc(NC(=O)c4oc5c(c4C)CC(c4cccc(F)c4)C=C5)cn3)CC2)c1. The first-order chi connectivity index (χ1) is 21.4. The Morgan fingerprint density at radius 3 is 2.66 bits per heavy atom. The number of ether oxygens (including phenoxy) is 2. The molecule has 1 N–H and O–H groups in total. The van der Waals surface area contributed by atoms with Crippen molar-refractivity contribution in [3.05, 3.63) is 113 Å². The van der Waals surface area contributed by atoms with Crippen LogP contribution in [0.15, 0.2) is 77.4 Å². The third-order valence-corrected chi connectivity index (χ3v) is 8.37. The number of aromatic nitrogens is 1. The highest BCUT2D eigenvalue weighted by Crippen LogP contribution is 2.35. The van der Waals surface area contributed by atoms with Gasteiger partial charge in [-0.15, -0.1) is 0 Å². The summed E-state index contributed by atoms with van der Waals surface area (Å²) >= 11 is 0. The summed E-state index contributed by atoms with van der Waals surface area (Å²) in [6.07, 6.45) is 8.06. The molecule has 8 nitrogen and oxygen atoms in total. The van der Waals surface area contributed by atoms with Crippen molar-refractivity contribution >= 4 is 29.5 Å². The van der Waals surface area contributed by atoms with Crippen molar-refractivity contribution in [2.75, 3.05) is 37.0 Å². The summed E-state index contributed by atoms with van der Waals surface area (Å²) < 4.78 is 30.5. The number of fused-ring (bicyclic) bond motifs is 1. The van der Waals surface area contributed by atoms with Crippen LogP contribution in [0.5, 0.6) is 5.75 Å². The molecule has 1 atom stereocenters. The Balaban J connectivity index is 1.01. The molecule has 1 saturated heterocycles. The predicted molar refractivity (Wildman–Crippen MR) is 166 cm³/mol. The molecule has 3 heterocycles. The minimum absolute atomic E-state index is 0.0184. The molecule has 1 fully saturated rings. The van der Waals surface area contributed by atoms with Gasteiger partial charge in [-0.25, -0.2) is 14.2 Å². The van der Waals surface area contributed by atoms with Gasteiger partial charge >= 0.3 is 5.97 Å². The summed E-state index contributed by atoms with van der Waals surface area (Å²) in [5, 5.41) is 2.91. The van der Waals surface area contributed by atoms with Crippen LogP contribution in [-0.4, -0.2) is 43.7 Å². The fraction of sp³-hybridized carbons (Fsp3) is 0.286. The minimum atomic E-state index is -0.383. The van der Waals surface area contributed by atoms with Gasteiger partial charge in [0.2, 0.25) is 0 Å². The Morgan fingerprint density at radius 2 is 1.91 bits per heavy atom. The lowest BCUT2D eigenvalue weighted by Crippen LogP contribution is -2.36. The van der Waals surface area contributed by atoms with Crippen LogP contribution in [0.25, 0.3) is 6.08 Å². The van der Waals surface area contributed by atoms with Crippen LogP contribution in [0.1, 0.15) is 62.1 Å². The van der Waals surface area contributed by atoms with Gasteiger partial charge in [0.05, 0.1) is 31.2 Å². The van der Waals surface area contributed by atoms with E-state index in [4.69, 9.17) is 13.9 Å². The monoisotopic (exact) mass is 595 g/mol. The molecule has 1 amide bonds. The quantitative estimate of drug-likeness (QED) is 0.224. The van der Waals surface area contributed by atoms with Crippen molar-refractivity contribution in [2.45, 2.75) is 32.1 Å². The molecular formula is C35H34FN3O5. The second kappa shape index (κ2) is 12.8. The lowest BCUT2D eigenvalue weighted by Gasteiger charge is -2.32. The molecule has 0 bridgehead atoms. The smallest absolute Gasteiger partial charge is 0.337 e. The maximum Gasteiger partial charge on any atom is 0.337 e. The Hall–Kier alpha value is -4.92. The Labute approximate surface area is 255 Å². The number of hydrogen-bond acceptors (Lipinski definition) is 7. The van der Waals surface area contributed by atoms with Crippen molar-refractivity contribution in [3.8, 4) is 5.75 Å². The predicted octanol–water partition coefficient (Wildman–Crippen LogP) is 6.81. The van der Waals surface area contributed by atoms with Crippen molar-refractivity contribution in [3.63, 3.8) is 0 Å². The van der Waals surface area contributed by atoms with E-state index in [0.29, 0.717) is 41.7 Å². The summed E-state index contributed by atoms with van der Waals surface area (Å²) in [4.78, 5) is 31.8. The highest BCUT2D eigenvalue weighted by atomic mass is 19.1. The van der Waals surface area contributed by atoms with Crippen molar-refractivity contribution in [1.29, 1.82) is 0 Å². The summed E-state index contributed by atoms with van der Waals surface area (Å²) in [7, 11) is 1.36. The molecule has 1 aliphatic carbocycles. The minimum Gasteiger partial charge on any atom is -0.493 e. The largest absolute Gasteiger partial charge is 0.493 e. The number of pyridine rings is 1. The third-order valence-electron chi connectivity index (χ3n) is 8.37. The first-order valence-electron chi connectivity index (χ1n) is 14.8. The number of anilines is 2. The number of carbonyl (C=O) groups excluding carboxylic acids is 2. The number of nitrogens with one attached hydrogen (secondary N) is 1. The molecule has 0 radical (unpaired) electrons. The average Bonchev–Trinajstić information content (AvgIpc) is 3.39. The maximum atomic E-state index is 13.8. The molecule has 1 aliphatic heterocycles. The van der Waals surface area contributed by atoms with Crippen molar-refractivity contribution < 1.29 is 27.9 Å². The molecule has 4 aromatic rings. The number of carbonyl (C=O) groups is 2. The van der Waals surface area contributed by atoms with Crippen LogP contribution in [0.2, 0.25) is 0 Å². The molecule has 2 aromatic heterocycles. The van der Waals surface area contributed by atoms with E-state index in [-0.39, 0.29) is 29.4 Å². The number of halogens is 1. The fourth-order valence-electron chi connectivity index (χ4n) is 5.84. The molecule has 226 valence electrons. The zero-order valence-electron chi connectivity index (χ0n) is 24.7. The summed E-state index contributed by atoms with van der Waals surface area (Å²) in [6, 6.07) is 17.4. The van der Waals surface area contributed by atoms with Crippen LogP contribution in [-0.2, 0) is 11.2 Å². The van der Waals surface area contributed by atoms with Crippen LogP contribution in [0.4, 0.5) is 15.9 Å². The number of furan rings is 1. The number of amides is 1. The number of methoxy groups -OCH3 is 1. The molecule has 0 saturated carbocycles. The summed E-state index contributed by atoms with van der Waals surface area (Å²) in [5.41, 5.74) is 3.69. The normalized spacial score (nSPS) is 16.3. The van der Waals surface area contributed by atoms with E-state index in [0.717, 1.165) is 48.4 Å². The van der Waals surface area contributed by atoms with Gasteiger partial charge in [0.1, 0.15) is 23.1 Å². The second-order valence-electron chi connectivity index (χ2n) is 11.2. The van der Waals surface area contributed by atoms with Crippen LogP contribution >= 0.6 is 0 Å². The lowest BCUT2D eigenvalue weighted by atomic mass is 9.86. The second-order valence-corrected chi connectivity index (χ2v) is 11.2. The number of nitrogens with zero attached hydrogens (tertiary/aromatic N) is 2. The van der Waals surface area contributed by atoms with E-state index in [2.05, 4.69) is 15.2 Å². The topological polar surface area (TPSA) is 93.9 Å². The highest BCUT2D eigenvalue weighted by molar-refractivity contribution is 6.03. The van der Waals surface area contributed by atoms with Gasteiger partial charge in [-0.3, -0.25) is 4.79 Å². The van der Waals surface area contributed by atoms with Gasteiger partial charge in [0, 0.05) is 30.1 Å². The van der Waals surface area contributed by atoms with E-state index in [1.165, 1.54) is 13.2 Å². The van der Waals surface area contributed by atoms with E-state index in [1.807, 2.05) is 43.3 Å². The Morgan fingerprint density at radius 1 is 1.09 bits per heavy atom. The van der Waals surface area contributed by atoms with Gasteiger partial charge in [0.15, 0.2) is 5.76 Å². The van der Waals surface area contributed by atoms with Gasteiger partial charge in [-0.1, -0.05) is 24.3 Å². The first kappa shape index (κ1) is 29.2. The van der Waals surface area contributed by atoms with E-state index >= 15 is 0 Å². The van der Waals surface area contributed by atoms with Crippen molar-refractivity contribution in [2.24, 2.45) is 5.92 Å². The third kappa shape index (κ3) is 6.37. The number of hydrogen-bond donors (Lipinski definition) is 1. The fourth-order valence-corrected chi connectivity index (χ4v) is 5.84. The highest BCUT2D eigenvalue weighted by Gasteiger charge is 2.27. The lowest BCUT2D eigenvalue weighted by molar-refractivity contribution is 0.0600. The standard InChI is InChI=1S/C35H34FN3O5/c1-22-30-19-25(24-5-3-7-27(36)17-24)9-11-31(30)44-33(22)34(40)38-28-10-12-32(37-20-28)39-15-13-23(14-16-39)21-43-29-8-4-6-26(18-29)35(41)42-2/h3-12,17-18,20,23,25H,13-16,19,21H2,1-2H3,(H,38,40). The summed E-state index contributed by atoms with van der Waals surface area (Å²) in [5.74, 6) is 1.88. The number of allylic oxidation sites excluding steroid dienone is 1. The first-order valence-corrected chi connectivity index (χ1v) is 14.8. The molecule has 6 rings (SSSR count). The van der Waals surface area contributed by atoms with Crippen LogP contribution in [0, 0.1) is 18.7 Å². The molecule has 9 heteroatoms. The van der Waals surface area contributed by atoms with E-state index in [1.54, 1.807) is 36.5 Å². The zero-order valence-corrected chi connectivity index (χ0v) is 24.7. The maximum absolute atomic E-state index is 13.8. The zero-order chi connectivity index (χ0) is 30.6. The molecule has 2 aliphatic rings. The number of esters is 1. The number of benzene rings is 2. The molecule has 2 aromatic carbocycles. The number of rotatable bonds is 8. The Bertz CT molecular complexity index is 1690. The Kier molecular flexibility index (Phi) is 8.45.